The minimum atomic E-state index is -0.327. The first kappa shape index (κ1) is 21.4. The topological polar surface area (TPSA) is 74.8 Å². The Labute approximate surface area is 173 Å². The van der Waals surface area contributed by atoms with E-state index in [4.69, 9.17) is 4.74 Å². The number of nitrogens with one attached hydrogen (secondary N) is 1. The molecule has 7 nitrogen and oxygen atoms in total. The number of carbonyl (C=O) groups excluding carboxylic acids is 2. The maximum absolute atomic E-state index is 13.3. The molecule has 1 amide bonds. The van der Waals surface area contributed by atoms with E-state index in [9.17, 15) is 14.0 Å². The van der Waals surface area contributed by atoms with Gasteiger partial charge >= 0.3 is 5.97 Å². The molecule has 1 aliphatic heterocycles. The van der Waals surface area contributed by atoms with Crippen molar-refractivity contribution >= 4 is 28.3 Å². The number of esters is 1. The predicted molar refractivity (Wildman–Crippen MR) is 109 cm³/mol. The summed E-state index contributed by atoms with van der Waals surface area (Å²) in [6, 6.07) is 6.65. The number of benzene rings is 1. The fourth-order valence-electron chi connectivity index (χ4n) is 3.17. The smallest absolute Gasteiger partial charge is 0.311 e. The third-order valence-electron chi connectivity index (χ3n) is 4.56. The standard InChI is InChI=1S/C20H25FN4O3S/c1-2-28-19(27)11-17-14-29-20(22-17)23-18(26)13-25-8-6-24(7-9-25)12-15-4-3-5-16(21)10-15/h3-5,10,14H,2,6-9,11-13H2,1H3,(H,22,23,26). The van der Waals surface area contributed by atoms with Crippen molar-refractivity contribution in [3.8, 4) is 0 Å². The number of ether oxygens (including phenoxy) is 1. The van der Waals surface area contributed by atoms with Crippen molar-refractivity contribution in [2.24, 2.45) is 0 Å². The number of thiazole rings is 1. The van der Waals surface area contributed by atoms with Gasteiger partial charge in [-0.1, -0.05) is 12.1 Å². The molecule has 1 N–H and O–H groups in total. The highest BCUT2D eigenvalue weighted by Crippen LogP contribution is 2.16. The highest BCUT2D eigenvalue weighted by atomic mass is 32.1. The number of halogens is 1. The number of aromatic nitrogens is 1. The highest BCUT2D eigenvalue weighted by molar-refractivity contribution is 7.13. The Morgan fingerprint density at radius 3 is 2.72 bits per heavy atom. The predicted octanol–water partition coefficient (Wildman–Crippen LogP) is 2.14. The van der Waals surface area contributed by atoms with Crippen LogP contribution < -0.4 is 5.32 Å². The quantitative estimate of drug-likeness (QED) is 0.660. The normalized spacial score (nSPS) is 15.2. The number of carbonyl (C=O) groups is 2. The lowest BCUT2D eigenvalue weighted by Gasteiger charge is -2.34. The molecule has 0 unspecified atom stereocenters. The van der Waals surface area contributed by atoms with Crippen LogP contribution in [0.4, 0.5) is 9.52 Å². The molecule has 156 valence electrons. The van der Waals surface area contributed by atoms with Crippen molar-refractivity contribution in [2.75, 3.05) is 44.6 Å². The van der Waals surface area contributed by atoms with Gasteiger partial charge in [0.1, 0.15) is 5.82 Å². The van der Waals surface area contributed by atoms with Crippen LogP contribution in [0.2, 0.25) is 0 Å². The van der Waals surface area contributed by atoms with Crippen molar-refractivity contribution in [2.45, 2.75) is 19.9 Å². The minimum absolute atomic E-state index is 0.105. The van der Waals surface area contributed by atoms with Gasteiger partial charge in [0.05, 0.1) is 25.3 Å². The van der Waals surface area contributed by atoms with Gasteiger partial charge < -0.3 is 10.1 Å². The number of nitrogens with zero attached hydrogens (tertiary/aromatic N) is 3. The zero-order chi connectivity index (χ0) is 20.6. The first-order valence-corrected chi connectivity index (χ1v) is 10.5. The van der Waals surface area contributed by atoms with Crippen molar-refractivity contribution in [3.63, 3.8) is 0 Å². The molecule has 0 spiro atoms. The van der Waals surface area contributed by atoms with Gasteiger partial charge in [0, 0.05) is 38.1 Å². The van der Waals surface area contributed by atoms with Gasteiger partial charge in [0.15, 0.2) is 5.13 Å². The largest absolute Gasteiger partial charge is 0.466 e. The second-order valence-electron chi connectivity index (χ2n) is 6.86. The number of rotatable bonds is 8. The molecule has 1 aromatic heterocycles. The molecule has 1 fully saturated rings. The van der Waals surface area contributed by atoms with E-state index in [1.807, 2.05) is 6.07 Å². The number of piperazine rings is 1. The van der Waals surface area contributed by atoms with Crippen LogP contribution in [0, 0.1) is 5.82 Å². The molecular formula is C20H25FN4O3S. The van der Waals surface area contributed by atoms with Crippen molar-refractivity contribution in [1.29, 1.82) is 0 Å². The molecule has 2 aromatic rings. The summed E-state index contributed by atoms with van der Waals surface area (Å²) < 4.78 is 18.2. The zero-order valence-corrected chi connectivity index (χ0v) is 17.2. The SMILES string of the molecule is CCOC(=O)Cc1csc(NC(=O)CN2CCN(Cc3cccc(F)c3)CC2)n1. The van der Waals surface area contributed by atoms with Crippen molar-refractivity contribution < 1.29 is 18.7 Å². The fraction of sp³-hybridized carbons (Fsp3) is 0.450. The first-order valence-electron chi connectivity index (χ1n) is 9.61. The number of amides is 1. The molecule has 2 heterocycles. The van der Waals surface area contributed by atoms with Crippen LogP contribution in [0.25, 0.3) is 0 Å². The average molecular weight is 421 g/mol. The molecule has 1 aliphatic rings. The highest BCUT2D eigenvalue weighted by Gasteiger charge is 2.20. The molecule has 0 radical (unpaired) electrons. The van der Waals surface area contributed by atoms with Crippen LogP contribution in [0.5, 0.6) is 0 Å². The molecule has 9 heteroatoms. The summed E-state index contributed by atoms with van der Waals surface area (Å²) in [5.41, 5.74) is 1.55. The van der Waals surface area contributed by atoms with E-state index in [2.05, 4.69) is 20.1 Å². The van der Waals surface area contributed by atoms with Crippen LogP contribution in [-0.4, -0.2) is 66.0 Å². The molecule has 0 aliphatic carbocycles. The van der Waals surface area contributed by atoms with Crippen molar-refractivity contribution in [1.82, 2.24) is 14.8 Å². The van der Waals surface area contributed by atoms with Gasteiger partial charge in [-0.2, -0.15) is 0 Å². The van der Waals surface area contributed by atoms with Gasteiger partial charge in [-0.3, -0.25) is 19.4 Å². The van der Waals surface area contributed by atoms with E-state index in [1.54, 1.807) is 24.4 Å². The lowest BCUT2D eigenvalue weighted by Crippen LogP contribution is -2.48. The summed E-state index contributed by atoms with van der Waals surface area (Å²) in [6.07, 6.45) is 0.105. The van der Waals surface area contributed by atoms with E-state index in [0.29, 0.717) is 30.5 Å². The van der Waals surface area contributed by atoms with E-state index in [0.717, 1.165) is 31.7 Å². The summed E-state index contributed by atoms with van der Waals surface area (Å²) in [6.45, 7) is 6.29. The third kappa shape index (κ3) is 6.88. The Hall–Kier alpha value is -2.36. The Morgan fingerprint density at radius 2 is 2.00 bits per heavy atom. The lowest BCUT2D eigenvalue weighted by atomic mass is 10.2. The molecule has 3 rings (SSSR count). The third-order valence-corrected chi connectivity index (χ3v) is 5.36. The maximum Gasteiger partial charge on any atom is 0.311 e. The second-order valence-corrected chi connectivity index (χ2v) is 7.71. The van der Waals surface area contributed by atoms with E-state index in [-0.39, 0.29) is 24.1 Å². The molecule has 1 aromatic carbocycles. The molecule has 0 bridgehead atoms. The summed E-state index contributed by atoms with van der Waals surface area (Å²) in [4.78, 5) is 32.4. The van der Waals surface area contributed by atoms with E-state index >= 15 is 0 Å². The van der Waals surface area contributed by atoms with E-state index in [1.165, 1.54) is 17.4 Å². The summed E-state index contributed by atoms with van der Waals surface area (Å²) in [5.74, 6) is -0.669. The maximum atomic E-state index is 13.3. The van der Waals surface area contributed by atoms with Crippen LogP contribution in [0.3, 0.4) is 0 Å². The van der Waals surface area contributed by atoms with Crippen LogP contribution >= 0.6 is 11.3 Å². The summed E-state index contributed by atoms with van der Waals surface area (Å²) in [7, 11) is 0. The Bertz CT molecular complexity index is 837. The lowest BCUT2D eigenvalue weighted by molar-refractivity contribution is -0.142. The minimum Gasteiger partial charge on any atom is -0.466 e. The average Bonchev–Trinajstić information content (AvgIpc) is 3.10. The Kier molecular flexibility index (Phi) is 7.68. The van der Waals surface area contributed by atoms with Gasteiger partial charge in [0.2, 0.25) is 5.91 Å². The number of hydrogen-bond donors (Lipinski definition) is 1. The summed E-state index contributed by atoms with van der Waals surface area (Å²) >= 11 is 1.29. The molecule has 1 saturated heterocycles. The van der Waals surface area contributed by atoms with Crippen molar-refractivity contribution in [3.05, 3.63) is 46.7 Å². The van der Waals surface area contributed by atoms with E-state index < -0.39 is 0 Å². The Balaban J connectivity index is 1.39. The van der Waals surface area contributed by atoms with Gasteiger partial charge in [-0.15, -0.1) is 11.3 Å². The van der Waals surface area contributed by atoms with Crippen LogP contribution in [0.1, 0.15) is 18.2 Å². The first-order chi connectivity index (χ1) is 14.0. The monoisotopic (exact) mass is 420 g/mol. The molecule has 0 atom stereocenters. The molecule has 29 heavy (non-hydrogen) atoms. The van der Waals surface area contributed by atoms with Crippen LogP contribution in [0.15, 0.2) is 29.6 Å². The number of anilines is 1. The van der Waals surface area contributed by atoms with Gasteiger partial charge in [-0.25, -0.2) is 9.37 Å². The molecule has 0 saturated carbocycles. The zero-order valence-electron chi connectivity index (χ0n) is 16.4. The van der Waals surface area contributed by atoms with Crippen LogP contribution in [-0.2, 0) is 27.3 Å². The summed E-state index contributed by atoms with van der Waals surface area (Å²) in [5, 5.41) is 5.02. The van der Waals surface area contributed by atoms with Gasteiger partial charge in [-0.05, 0) is 24.6 Å². The Morgan fingerprint density at radius 1 is 1.24 bits per heavy atom. The molecular weight excluding hydrogens is 395 g/mol. The van der Waals surface area contributed by atoms with Gasteiger partial charge in [0.25, 0.3) is 0 Å². The second kappa shape index (κ2) is 10.4. The fourth-order valence-corrected chi connectivity index (χ4v) is 3.89. The number of hydrogen-bond acceptors (Lipinski definition) is 7.